The standard InChI is InChI=1S/C24H34O3/c1-3-4-23(24(25)26)21-11-9-19(10-12-21)17-5-7-18(8-6-17)20-13-15-22(27-2)16-14-20/h4,13-19,21H,3,5-12H2,1-2H3,(H,25,26)/t17-,18-,19-,21-. The van der Waals surface area contributed by atoms with Crippen LogP contribution in [-0.2, 0) is 4.79 Å². The molecule has 0 heterocycles. The minimum atomic E-state index is -0.708. The molecular formula is C24H34O3. The molecule has 3 rings (SSSR count). The Labute approximate surface area is 163 Å². The van der Waals surface area contributed by atoms with E-state index in [1.807, 2.05) is 13.0 Å². The number of hydrogen-bond acceptors (Lipinski definition) is 2. The summed E-state index contributed by atoms with van der Waals surface area (Å²) in [5.74, 6) is 2.82. The SMILES string of the molecule is CCC=C(C(=O)O)[C@H]1CC[C@H]([C@H]2CC[C@H](c3ccc(OC)cc3)CC2)CC1. The molecule has 0 bridgehead atoms. The van der Waals surface area contributed by atoms with Gasteiger partial charge in [0, 0.05) is 5.57 Å². The number of carboxylic acid groups (broad SMARTS) is 1. The average Bonchev–Trinajstić information content (AvgIpc) is 2.72. The molecule has 0 aliphatic heterocycles. The summed E-state index contributed by atoms with van der Waals surface area (Å²) in [5.41, 5.74) is 2.12. The van der Waals surface area contributed by atoms with Crippen LogP contribution in [0.25, 0.3) is 0 Å². The molecule has 148 valence electrons. The number of carboxylic acids is 1. The maximum Gasteiger partial charge on any atom is 0.331 e. The fourth-order valence-corrected chi connectivity index (χ4v) is 5.35. The molecule has 0 aromatic heterocycles. The first-order chi connectivity index (χ1) is 13.1. The van der Waals surface area contributed by atoms with Gasteiger partial charge in [-0.25, -0.2) is 4.79 Å². The molecule has 0 amide bonds. The van der Waals surface area contributed by atoms with Crippen LogP contribution in [0.5, 0.6) is 5.75 Å². The fraction of sp³-hybridized carbons (Fsp3) is 0.625. The zero-order valence-corrected chi connectivity index (χ0v) is 16.8. The Morgan fingerprint density at radius 3 is 2.04 bits per heavy atom. The van der Waals surface area contributed by atoms with Crippen LogP contribution < -0.4 is 4.74 Å². The van der Waals surface area contributed by atoms with Crippen molar-refractivity contribution in [3.8, 4) is 5.75 Å². The Bertz CT molecular complexity index is 630. The Balaban J connectivity index is 1.49. The second-order valence-electron chi connectivity index (χ2n) is 8.37. The molecule has 1 N–H and O–H groups in total. The number of methoxy groups -OCH3 is 1. The molecule has 0 unspecified atom stereocenters. The van der Waals surface area contributed by atoms with Gasteiger partial charge in [-0.1, -0.05) is 25.1 Å². The Morgan fingerprint density at radius 2 is 1.56 bits per heavy atom. The lowest BCUT2D eigenvalue weighted by molar-refractivity contribution is -0.133. The maximum atomic E-state index is 11.5. The first kappa shape index (κ1) is 20.0. The number of benzene rings is 1. The normalized spacial score (nSPS) is 29.3. The third kappa shape index (κ3) is 4.94. The van der Waals surface area contributed by atoms with Gasteiger partial charge in [0.25, 0.3) is 0 Å². The average molecular weight is 371 g/mol. The van der Waals surface area contributed by atoms with E-state index in [0.29, 0.717) is 11.5 Å². The third-order valence-corrected chi connectivity index (χ3v) is 6.91. The summed E-state index contributed by atoms with van der Waals surface area (Å²) in [4.78, 5) is 11.5. The van der Waals surface area contributed by atoms with E-state index in [1.54, 1.807) is 7.11 Å². The lowest BCUT2D eigenvalue weighted by Crippen LogP contribution is -2.27. The second kappa shape index (κ2) is 9.43. The molecule has 0 radical (unpaired) electrons. The first-order valence-electron chi connectivity index (χ1n) is 10.7. The number of hydrogen-bond donors (Lipinski definition) is 1. The molecule has 2 aliphatic carbocycles. The van der Waals surface area contributed by atoms with E-state index in [9.17, 15) is 9.90 Å². The molecule has 2 fully saturated rings. The summed E-state index contributed by atoms with van der Waals surface area (Å²) in [6.45, 7) is 2.02. The van der Waals surface area contributed by atoms with Crippen molar-refractivity contribution in [3.05, 3.63) is 41.5 Å². The van der Waals surface area contributed by atoms with Crippen molar-refractivity contribution in [3.63, 3.8) is 0 Å². The van der Waals surface area contributed by atoms with Crippen LogP contribution >= 0.6 is 0 Å². The minimum Gasteiger partial charge on any atom is -0.497 e. The van der Waals surface area contributed by atoms with Crippen LogP contribution in [0.2, 0.25) is 0 Å². The van der Waals surface area contributed by atoms with E-state index in [0.717, 1.165) is 36.8 Å². The highest BCUT2D eigenvalue weighted by Crippen LogP contribution is 2.45. The van der Waals surface area contributed by atoms with Crippen LogP contribution in [0, 0.1) is 17.8 Å². The van der Waals surface area contributed by atoms with Crippen molar-refractivity contribution in [2.45, 2.75) is 70.6 Å². The number of aliphatic carboxylic acids is 1. The predicted molar refractivity (Wildman–Crippen MR) is 109 cm³/mol. The van der Waals surface area contributed by atoms with E-state index in [2.05, 4.69) is 24.3 Å². The monoisotopic (exact) mass is 370 g/mol. The van der Waals surface area contributed by atoms with Crippen molar-refractivity contribution in [2.75, 3.05) is 7.11 Å². The van der Waals surface area contributed by atoms with Gasteiger partial charge in [-0.05, 0) is 99.2 Å². The lowest BCUT2D eigenvalue weighted by atomic mass is 9.67. The molecule has 2 saturated carbocycles. The van der Waals surface area contributed by atoms with E-state index in [1.165, 1.54) is 44.1 Å². The van der Waals surface area contributed by atoms with E-state index in [-0.39, 0.29) is 5.92 Å². The van der Waals surface area contributed by atoms with Crippen LogP contribution in [-0.4, -0.2) is 18.2 Å². The van der Waals surface area contributed by atoms with Gasteiger partial charge >= 0.3 is 5.97 Å². The number of carbonyl (C=O) groups is 1. The molecule has 0 spiro atoms. The van der Waals surface area contributed by atoms with Gasteiger partial charge in [0.05, 0.1) is 7.11 Å². The molecule has 3 nitrogen and oxygen atoms in total. The Hall–Kier alpha value is -1.77. The second-order valence-corrected chi connectivity index (χ2v) is 8.37. The molecular weight excluding hydrogens is 336 g/mol. The van der Waals surface area contributed by atoms with Gasteiger partial charge in [-0.15, -0.1) is 0 Å². The summed E-state index contributed by atoms with van der Waals surface area (Å²) in [6.07, 6.45) is 12.5. The fourth-order valence-electron chi connectivity index (χ4n) is 5.35. The Kier molecular flexibility index (Phi) is 6.98. The zero-order chi connectivity index (χ0) is 19.2. The largest absolute Gasteiger partial charge is 0.497 e. The van der Waals surface area contributed by atoms with Gasteiger partial charge < -0.3 is 9.84 Å². The van der Waals surface area contributed by atoms with Crippen molar-refractivity contribution < 1.29 is 14.6 Å². The topological polar surface area (TPSA) is 46.5 Å². The van der Waals surface area contributed by atoms with Crippen molar-refractivity contribution in [1.29, 1.82) is 0 Å². The smallest absolute Gasteiger partial charge is 0.331 e. The summed E-state index contributed by atoms with van der Waals surface area (Å²) in [7, 11) is 1.71. The summed E-state index contributed by atoms with van der Waals surface area (Å²) in [5, 5.41) is 9.47. The molecule has 0 saturated heterocycles. The van der Waals surface area contributed by atoms with Gasteiger partial charge in [0.1, 0.15) is 5.75 Å². The number of rotatable bonds is 6. The van der Waals surface area contributed by atoms with Crippen molar-refractivity contribution in [1.82, 2.24) is 0 Å². The number of ether oxygens (including phenoxy) is 1. The highest BCUT2D eigenvalue weighted by atomic mass is 16.5. The van der Waals surface area contributed by atoms with Crippen molar-refractivity contribution in [2.24, 2.45) is 17.8 Å². The molecule has 0 atom stereocenters. The number of allylic oxidation sites excluding steroid dienone is 1. The predicted octanol–water partition coefficient (Wildman–Crippen LogP) is 6.20. The summed E-state index contributed by atoms with van der Waals surface area (Å²) in [6, 6.07) is 8.60. The quantitative estimate of drug-likeness (QED) is 0.607. The van der Waals surface area contributed by atoms with E-state index < -0.39 is 5.97 Å². The summed E-state index contributed by atoms with van der Waals surface area (Å²) >= 11 is 0. The summed E-state index contributed by atoms with van der Waals surface area (Å²) < 4.78 is 5.27. The van der Waals surface area contributed by atoms with Crippen LogP contribution in [0.3, 0.4) is 0 Å². The van der Waals surface area contributed by atoms with Gasteiger partial charge in [0.2, 0.25) is 0 Å². The van der Waals surface area contributed by atoms with Gasteiger partial charge in [0.15, 0.2) is 0 Å². The molecule has 1 aromatic rings. The van der Waals surface area contributed by atoms with Crippen LogP contribution in [0.4, 0.5) is 0 Å². The first-order valence-corrected chi connectivity index (χ1v) is 10.7. The van der Waals surface area contributed by atoms with E-state index >= 15 is 0 Å². The molecule has 27 heavy (non-hydrogen) atoms. The lowest BCUT2D eigenvalue weighted by Gasteiger charge is -2.38. The maximum absolute atomic E-state index is 11.5. The zero-order valence-electron chi connectivity index (χ0n) is 16.8. The van der Waals surface area contributed by atoms with Crippen LogP contribution in [0.1, 0.15) is 76.2 Å². The third-order valence-electron chi connectivity index (χ3n) is 6.91. The Morgan fingerprint density at radius 1 is 1.00 bits per heavy atom. The minimum absolute atomic E-state index is 0.273. The molecule has 3 heteroatoms. The van der Waals surface area contributed by atoms with Crippen LogP contribution in [0.15, 0.2) is 35.9 Å². The highest BCUT2D eigenvalue weighted by Gasteiger charge is 2.33. The molecule has 2 aliphatic rings. The van der Waals surface area contributed by atoms with Gasteiger partial charge in [-0.2, -0.15) is 0 Å². The van der Waals surface area contributed by atoms with Gasteiger partial charge in [-0.3, -0.25) is 0 Å². The van der Waals surface area contributed by atoms with E-state index in [4.69, 9.17) is 4.74 Å². The van der Waals surface area contributed by atoms with Crippen molar-refractivity contribution >= 4 is 5.97 Å². The highest BCUT2D eigenvalue weighted by molar-refractivity contribution is 5.87. The molecule has 1 aromatic carbocycles.